The summed E-state index contributed by atoms with van der Waals surface area (Å²) < 4.78 is 0. The molecule has 1 rings (SSSR count). The molecule has 2 amide bonds. The molecule has 1 fully saturated rings. The molecule has 0 aromatic carbocycles. The van der Waals surface area contributed by atoms with Crippen molar-refractivity contribution in [1.82, 2.24) is 10.2 Å². The van der Waals surface area contributed by atoms with E-state index >= 15 is 0 Å². The molecule has 0 radical (unpaired) electrons. The zero-order valence-corrected chi connectivity index (χ0v) is 10.9. The molecule has 18 heavy (non-hydrogen) atoms. The first-order chi connectivity index (χ1) is 8.41. The van der Waals surface area contributed by atoms with Gasteiger partial charge in [-0.3, -0.25) is 0 Å². The Morgan fingerprint density at radius 2 is 2.00 bits per heavy atom. The Balaban J connectivity index is 2.29. The number of rotatable bonds is 7. The number of carbonyl (C=O) groups excluding carboxylic acids is 1. The predicted molar refractivity (Wildman–Crippen MR) is 66.2 cm³/mol. The Labute approximate surface area is 107 Å². The molecule has 1 saturated carbocycles. The fourth-order valence-electron chi connectivity index (χ4n) is 1.65. The van der Waals surface area contributed by atoms with Gasteiger partial charge in [-0.2, -0.15) is 0 Å². The van der Waals surface area contributed by atoms with Crippen LogP contribution in [0.15, 0.2) is 0 Å². The van der Waals surface area contributed by atoms with E-state index in [1.807, 2.05) is 13.8 Å². The minimum atomic E-state index is -1.42. The summed E-state index contributed by atoms with van der Waals surface area (Å²) in [6.07, 6.45) is 0.958. The molecule has 104 valence electrons. The van der Waals surface area contributed by atoms with E-state index in [0.717, 1.165) is 6.54 Å². The Bertz CT molecular complexity index is 302. The van der Waals surface area contributed by atoms with E-state index < -0.39 is 12.1 Å². The molecule has 0 saturated heterocycles. The van der Waals surface area contributed by atoms with Crippen LogP contribution in [0.25, 0.3) is 0 Å². The van der Waals surface area contributed by atoms with Crippen molar-refractivity contribution >= 4 is 12.0 Å². The number of amides is 2. The summed E-state index contributed by atoms with van der Waals surface area (Å²) in [6, 6.07) is -0.0653. The van der Waals surface area contributed by atoms with Crippen molar-refractivity contribution in [3.8, 4) is 0 Å². The third-order valence-electron chi connectivity index (χ3n) is 3.02. The first-order valence-corrected chi connectivity index (χ1v) is 6.37. The highest BCUT2D eigenvalue weighted by atomic mass is 16.4. The molecule has 0 spiro atoms. The summed E-state index contributed by atoms with van der Waals surface area (Å²) in [5.74, 6) is -0.647. The van der Waals surface area contributed by atoms with Crippen LogP contribution < -0.4 is 5.32 Å². The van der Waals surface area contributed by atoms with Crippen LogP contribution in [0.4, 0.5) is 4.79 Å². The van der Waals surface area contributed by atoms with Crippen LogP contribution >= 0.6 is 0 Å². The Hall–Kier alpha value is -1.30. The van der Waals surface area contributed by atoms with Crippen molar-refractivity contribution in [2.24, 2.45) is 5.92 Å². The number of hydrogen-bond donors (Lipinski definition) is 3. The maximum absolute atomic E-state index is 11.9. The van der Waals surface area contributed by atoms with E-state index in [9.17, 15) is 9.59 Å². The highest BCUT2D eigenvalue weighted by Crippen LogP contribution is 2.30. The first-order valence-electron chi connectivity index (χ1n) is 6.37. The van der Waals surface area contributed by atoms with E-state index in [-0.39, 0.29) is 25.0 Å². The van der Waals surface area contributed by atoms with Gasteiger partial charge in [0.2, 0.25) is 0 Å². The number of nitrogens with zero attached hydrogens (tertiary/aromatic N) is 1. The molecular weight excluding hydrogens is 236 g/mol. The largest absolute Gasteiger partial charge is 0.479 e. The van der Waals surface area contributed by atoms with Crippen molar-refractivity contribution < 1.29 is 19.8 Å². The standard InChI is InChI=1S/C12H22N2O4/c1-8(2)14(7-9-3-4-9)12(18)13-6-5-10(15)11(16)17/h8-10,15H,3-7H2,1-2H3,(H,13,18)(H,16,17). The van der Waals surface area contributed by atoms with Gasteiger partial charge in [0, 0.05) is 25.6 Å². The molecule has 6 heteroatoms. The monoisotopic (exact) mass is 258 g/mol. The third-order valence-corrected chi connectivity index (χ3v) is 3.02. The van der Waals surface area contributed by atoms with Crippen LogP contribution in [-0.2, 0) is 4.79 Å². The fourth-order valence-corrected chi connectivity index (χ4v) is 1.65. The zero-order chi connectivity index (χ0) is 13.7. The lowest BCUT2D eigenvalue weighted by Gasteiger charge is -2.27. The van der Waals surface area contributed by atoms with Crippen LogP contribution in [0, 0.1) is 5.92 Å². The normalized spacial score (nSPS) is 16.4. The van der Waals surface area contributed by atoms with E-state index in [0.29, 0.717) is 5.92 Å². The predicted octanol–water partition coefficient (Wildman–Crippen LogP) is 0.652. The molecule has 0 aromatic rings. The van der Waals surface area contributed by atoms with Crippen LogP contribution in [0.5, 0.6) is 0 Å². The van der Waals surface area contributed by atoms with E-state index in [1.165, 1.54) is 12.8 Å². The average Bonchev–Trinajstić information content (AvgIpc) is 3.08. The van der Waals surface area contributed by atoms with Gasteiger partial charge in [-0.1, -0.05) is 0 Å². The van der Waals surface area contributed by atoms with Gasteiger partial charge in [0.25, 0.3) is 0 Å². The summed E-state index contributed by atoms with van der Waals surface area (Å²) in [6.45, 7) is 4.83. The lowest BCUT2D eigenvalue weighted by atomic mass is 10.2. The van der Waals surface area contributed by atoms with Gasteiger partial charge in [-0.25, -0.2) is 9.59 Å². The van der Waals surface area contributed by atoms with Gasteiger partial charge >= 0.3 is 12.0 Å². The lowest BCUT2D eigenvalue weighted by Crippen LogP contribution is -2.45. The summed E-state index contributed by atoms with van der Waals surface area (Å²) >= 11 is 0. The lowest BCUT2D eigenvalue weighted by molar-refractivity contribution is -0.146. The van der Waals surface area contributed by atoms with Gasteiger partial charge in [0.15, 0.2) is 6.10 Å². The number of carboxylic acids is 1. The molecule has 1 atom stereocenters. The molecule has 1 aliphatic rings. The molecule has 1 unspecified atom stereocenters. The van der Waals surface area contributed by atoms with Crippen molar-refractivity contribution in [2.75, 3.05) is 13.1 Å². The average molecular weight is 258 g/mol. The van der Waals surface area contributed by atoms with Crippen LogP contribution in [-0.4, -0.2) is 52.3 Å². The third kappa shape index (κ3) is 4.91. The second-order valence-electron chi connectivity index (χ2n) is 5.06. The molecule has 0 bridgehead atoms. The number of aliphatic carboxylic acids is 1. The maximum Gasteiger partial charge on any atom is 0.332 e. The quantitative estimate of drug-likeness (QED) is 0.625. The summed E-state index contributed by atoms with van der Waals surface area (Å²) in [5.41, 5.74) is 0. The highest BCUT2D eigenvalue weighted by Gasteiger charge is 2.28. The van der Waals surface area contributed by atoms with Gasteiger partial charge in [-0.15, -0.1) is 0 Å². The number of nitrogens with one attached hydrogen (secondary N) is 1. The Morgan fingerprint density at radius 3 is 2.44 bits per heavy atom. The Kier molecular flexibility index (Phi) is 5.40. The number of carbonyl (C=O) groups is 2. The molecular formula is C12H22N2O4. The smallest absolute Gasteiger partial charge is 0.332 e. The first kappa shape index (κ1) is 14.8. The minimum Gasteiger partial charge on any atom is -0.479 e. The van der Waals surface area contributed by atoms with E-state index in [4.69, 9.17) is 10.2 Å². The van der Waals surface area contributed by atoms with Crippen LogP contribution in [0.1, 0.15) is 33.1 Å². The summed E-state index contributed by atoms with van der Waals surface area (Å²) in [5, 5.41) is 20.2. The van der Waals surface area contributed by atoms with E-state index in [1.54, 1.807) is 4.90 Å². The molecule has 0 aromatic heterocycles. The zero-order valence-electron chi connectivity index (χ0n) is 10.9. The van der Waals surface area contributed by atoms with Crippen molar-refractivity contribution in [2.45, 2.75) is 45.3 Å². The molecule has 6 nitrogen and oxygen atoms in total. The molecule has 0 aliphatic heterocycles. The van der Waals surface area contributed by atoms with Gasteiger partial charge in [0.05, 0.1) is 0 Å². The molecule has 1 aliphatic carbocycles. The SMILES string of the molecule is CC(C)N(CC1CC1)C(=O)NCCC(O)C(=O)O. The van der Waals surface area contributed by atoms with Crippen molar-refractivity contribution in [3.63, 3.8) is 0 Å². The number of hydrogen-bond acceptors (Lipinski definition) is 3. The second-order valence-corrected chi connectivity index (χ2v) is 5.06. The topological polar surface area (TPSA) is 89.9 Å². The summed E-state index contributed by atoms with van der Waals surface area (Å²) in [7, 11) is 0. The highest BCUT2D eigenvalue weighted by molar-refractivity contribution is 5.75. The number of aliphatic hydroxyl groups excluding tert-OH is 1. The van der Waals surface area contributed by atoms with E-state index in [2.05, 4.69) is 5.32 Å². The number of urea groups is 1. The van der Waals surface area contributed by atoms with Crippen LogP contribution in [0.2, 0.25) is 0 Å². The van der Waals surface area contributed by atoms with Crippen molar-refractivity contribution in [3.05, 3.63) is 0 Å². The molecule has 3 N–H and O–H groups in total. The Morgan fingerprint density at radius 1 is 1.39 bits per heavy atom. The van der Waals surface area contributed by atoms with Crippen molar-refractivity contribution in [1.29, 1.82) is 0 Å². The van der Waals surface area contributed by atoms with Gasteiger partial charge in [-0.05, 0) is 32.6 Å². The second kappa shape index (κ2) is 6.58. The van der Waals surface area contributed by atoms with Crippen LogP contribution in [0.3, 0.4) is 0 Å². The van der Waals surface area contributed by atoms with Gasteiger partial charge < -0.3 is 20.4 Å². The summed E-state index contributed by atoms with van der Waals surface area (Å²) in [4.78, 5) is 24.0. The number of aliphatic hydroxyl groups is 1. The maximum atomic E-state index is 11.9. The fraction of sp³-hybridized carbons (Fsp3) is 0.833. The van der Waals surface area contributed by atoms with Gasteiger partial charge in [0.1, 0.15) is 0 Å². The molecule has 0 heterocycles. The number of carboxylic acid groups (broad SMARTS) is 1. The minimum absolute atomic E-state index is 0.0242.